The summed E-state index contributed by atoms with van der Waals surface area (Å²) >= 11 is 6.52. The zero-order chi connectivity index (χ0) is 25.9. The summed E-state index contributed by atoms with van der Waals surface area (Å²) < 4.78 is 8.36. The van der Waals surface area contributed by atoms with Gasteiger partial charge in [0.2, 0.25) is 0 Å². The van der Waals surface area contributed by atoms with Crippen molar-refractivity contribution in [1.82, 2.24) is 4.57 Å². The standard InChI is InChI=1S/C36H22ClNO/c37-31-10-6-12-35-36(31)30-22-26(18-20-34(30)39-35)24-15-13-23(14-16-24)25-17-19-33-29(21-25)28-9-4-5-11-32(28)38(33)27-7-2-1-3-8-27/h1-22H. The molecule has 0 saturated heterocycles. The first-order chi connectivity index (χ1) is 19.2. The van der Waals surface area contributed by atoms with Crippen LogP contribution in [-0.4, -0.2) is 4.57 Å². The van der Waals surface area contributed by atoms with E-state index in [0.717, 1.165) is 33.1 Å². The molecule has 2 nitrogen and oxygen atoms in total. The van der Waals surface area contributed by atoms with E-state index in [1.807, 2.05) is 24.3 Å². The Balaban J connectivity index is 1.22. The van der Waals surface area contributed by atoms with Crippen molar-refractivity contribution in [2.24, 2.45) is 0 Å². The molecule has 0 saturated carbocycles. The maximum absolute atomic E-state index is 6.52. The van der Waals surface area contributed by atoms with Crippen molar-refractivity contribution in [1.29, 1.82) is 0 Å². The highest BCUT2D eigenvalue weighted by Gasteiger charge is 2.14. The SMILES string of the molecule is Clc1cccc2oc3ccc(-c4ccc(-c5ccc6c(c5)c5ccccc5n6-c5ccccc5)cc4)cc3c12. The Bertz CT molecular complexity index is 2170. The van der Waals surface area contributed by atoms with Crippen molar-refractivity contribution in [2.45, 2.75) is 0 Å². The average Bonchev–Trinajstić information content (AvgIpc) is 3.53. The van der Waals surface area contributed by atoms with E-state index in [0.29, 0.717) is 5.02 Å². The van der Waals surface area contributed by atoms with E-state index in [1.54, 1.807) is 0 Å². The second-order valence-electron chi connectivity index (χ2n) is 9.92. The van der Waals surface area contributed by atoms with Gasteiger partial charge in [0.1, 0.15) is 11.2 Å². The largest absolute Gasteiger partial charge is 0.456 e. The number of para-hydroxylation sites is 2. The summed E-state index contributed by atoms with van der Waals surface area (Å²) in [6, 6.07) is 46.9. The molecule has 0 spiro atoms. The van der Waals surface area contributed by atoms with Crippen molar-refractivity contribution >= 4 is 55.3 Å². The fraction of sp³-hybridized carbons (Fsp3) is 0. The summed E-state index contributed by atoms with van der Waals surface area (Å²) in [5.74, 6) is 0. The zero-order valence-corrected chi connectivity index (χ0v) is 21.7. The van der Waals surface area contributed by atoms with Gasteiger partial charge in [0.15, 0.2) is 0 Å². The van der Waals surface area contributed by atoms with Crippen LogP contribution in [-0.2, 0) is 0 Å². The summed E-state index contributed by atoms with van der Waals surface area (Å²) in [7, 11) is 0. The Hall–Kier alpha value is -4.79. The highest BCUT2D eigenvalue weighted by Crippen LogP contribution is 2.38. The monoisotopic (exact) mass is 519 g/mol. The molecular weight excluding hydrogens is 498 g/mol. The van der Waals surface area contributed by atoms with Crippen LogP contribution in [0.5, 0.6) is 0 Å². The molecule has 184 valence electrons. The van der Waals surface area contributed by atoms with Crippen molar-refractivity contribution in [3.63, 3.8) is 0 Å². The molecule has 0 aliphatic carbocycles. The van der Waals surface area contributed by atoms with Gasteiger partial charge in [-0.05, 0) is 76.9 Å². The summed E-state index contributed by atoms with van der Waals surface area (Å²) in [5.41, 5.74) is 9.94. The van der Waals surface area contributed by atoms with Crippen LogP contribution in [0.4, 0.5) is 0 Å². The van der Waals surface area contributed by atoms with Gasteiger partial charge in [-0.15, -0.1) is 0 Å². The summed E-state index contributed by atoms with van der Waals surface area (Å²) in [5, 5.41) is 5.23. The number of halogens is 1. The summed E-state index contributed by atoms with van der Waals surface area (Å²) in [4.78, 5) is 0. The Labute approximate surface area is 230 Å². The Morgan fingerprint density at radius 3 is 1.90 bits per heavy atom. The van der Waals surface area contributed by atoms with Crippen LogP contribution in [0.1, 0.15) is 0 Å². The first kappa shape index (κ1) is 22.2. The van der Waals surface area contributed by atoms with Crippen molar-refractivity contribution in [2.75, 3.05) is 0 Å². The molecule has 6 aromatic carbocycles. The molecule has 0 unspecified atom stereocenters. The maximum Gasteiger partial charge on any atom is 0.136 e. The smallest absolute Gasteiger partial charge is 0.136 e. The normalized spacial score (nSPS) is 11.7. The molecule has 0 aliphatic rings. The first-order valence-corrected chi connectivity index (χ1v) is 13.4. The number of rotatable bonds is 3. The van der Waals surface area contributed by atoms with Crippen molar-refractivity contribution in [3.8, 4) is 27.9 Å². The van der Waals surface area contributed by atoms with Crippen LogP contribution < -0.4 is 0 Å². The molecular formula is C36H22ClNO. The van der Waals surface area contributed by atoms with E-state index in [-0.39, 0.29) is 0 Å². The van der Waals surface area contributed by atoms with Gasteiger partial charge in [-0.1, -0.05) is 90.5 Å². The van der Waals surface area contributed by atoms with Crippen LogP contribution in [0.15, 0.2) is 138 Å². The van der Waals surface area contributed by atoms with Crippen LogP contribution in [0.3, 0.4) is 0 Å². The number of benzene rings is 6. The van der Waals surface area contributed by atoms with E-state index in [2.05, 4.69) is 114 Å². The fourth-order valence-electron chi connectivity index (χ4n) is 5.83. The Kier molecular flexibility index (Phi) is 4.91. The van der Waals surface area contributed by atoms with Crippen molar-refractivity contribution in [3.05, 3.63) is 138 Å². The van der Waals surface area contributed by atoms with Gasteiger partial charge in [0.05, 0.1) is 16.1 Å². The molecule has 8 aromatic rings. The third-order valence-corrected chi connectivity index (χ3v) is 8.00. The van der Waals surface area contributed by atoms with Gasteiger partial charge >= 0.3 is 0 Å². The number of hydrogen-bond donors (Lipinski definition) is 0. The van der Waals surface area contributed by atoms with Gasteiger partial charge in [-0.2, -0.15) is 0 Å². The molecule has 0 fully saturated rings. The van der Waals surface area contributed by atoms with E-state index >= 15 is 0 Å². The quantitative estimate of drug-likeness (QED) is 0.227. The van der Waals surface area contributed by atoms with E-state index in [1.165, 1.54) is 38.6 Å². The van der Waals surface area contributed by atoms with Gasteiger partial charge in [-0.25, -0.2) is 0 Å². The van der Waals surface area contributed by atoms with Crippen LogP contribution in [0.25, 0.3) is 71.7 Å². The third kappa shape index (κ3) is 3.49. The van der Waals surface area contributed by atoms with Crippen LogP contribution in [0.2, 0.25) is 5.02 Å². The molecule has 2 heterocycles. The van der Waals surface area contributed by atoms with Gasteiger partial charge in [0, 0.05) is 27.2 Å². The fourth-order valence-corrected chi connectivity index (χ4v) is 6.09. The topological polar surface area (TPSA) is 18.1 Å². The number of fused-ring (bicyclic) bond motifs is 6. The molecule has 3 heteroatoms. The molecule has 39 heavy (non-hydrogen) atoms. The minimum absolute atomic E-state index is 0.711. The number of nitrogens with zero attached hydrogens (tertiary/aromatic N) is 1. The Morgan fingerprint density at radius 1 is 0.462 bits per heavy atom. The zero-order valence-electron chi connectivity index (χ0n) is 20.9. The lowest BCUT2D eigenvalue weighted by atomic mass is 9.98. The molecule has 0 bridgehead atoms. The minimum atomic E-state index is 0.711. The Morgan fingerprint density at radius 2 is 1.10 bits per heavy atom. The van der Waals surface area contributed by atoms with Crippen LogP contribution >= 0.6 is 11.6 Å². The highest BCUT2D eigenvalue weighted by molar-refractivity contribution is 6.37. The average molecular weight is 520 g/mol. The molecule has 0 N–H and O–H groups in total. The number of aromatic nitrogens is 1. The van der Waals surface area contributed by atoms with Crippen LogP contribution in [0, 0.1) is 0 Å². The highest BCUT2D eigenvalue weighted by atomic mass is 35.5. The molecule has 0 amide bonds. The molecule has 0 atom stereocenters. The predicted molar refractivity (Wildman–Crippen MR) is 164 cm³/mol. The second-order valence-corrected chi connectivity index (χ2v) is 10.3. The van der Waals surface area contributed by atoms with E-state index < -0.39 is 0 Å². The van der Waals surface area contributed by atoms with E-state index in [4.69, 9.17) is 16.0 Å². The minimum Gasteiger partial charge on any atom is -0.456 e. The molecule has 0 radical (unpaired) electrons. The summed E-state index contributed by atoms with van der Waals surface area (Å²) in [6.07, 6.45) is 0. The van der Waals surface area contributed by atoms with Crippen molar-refractivity contribution < 1.29 is 4.42 Å². The predicted octanol–water partition coefficient (Wildman–Crippen LogP) is 10.7. The third-order valence-electron chi connectivity index (χ3n) is 7.68. The molecule has 0 aliphatic heterocycles. The maximum atomic E-state index is 6.52. The molecule has 8 rings (SSSR count). The van der Waals surface area contributed by atoms with Gasteiger partial charge in [-0.3, -0.25) is 0 Å². The summed E-state index contributed by atoms with van der Waals surface area (Å²) in [6.45, 7) is 0. The lowest BCUT2D eigenvalue weighted by molar-refractivity contribution is 0.669. The lowest BCUT2D eigenvalue weighted by Gasteiger charge is -2.08. The van der Waals surface area contributed by atoms with Gasteiger partial charge < -0.3 is 8.98 Å². The van der Waals surface area contributed by atoms with Gasteiger partial charge in [0.25, 0.3) is 0 Å². The molecule has 2 aromatic heterocycles. The number of furan rings is 1. The second kappa shape index (κ2) is 8.62. The number of hydrogen-bond acceptors (Lipinski definition) is 1. The lowest BCUT2D eigenvalue weighted by Crippen LogP contribution is -1.92. The van der Waals surface area contributed by atoms with E-state index in [9.17, 15) is 0 Å². The first-order valence-electron chi connectivity index (χ1n) is 13.0.